The van der Waals surface area contributed by atoms with E-state index in [0.717, 1.165) is 10.1 Å². The van der Waals surface area contributed by atoms with Gasteiger partial charge < -0.3 is 0 Å². The largest absolute Gasteiger partial charge is 0.332 e. The standard InChI is InChI=1S/C22H21N7O4/c1-14(16-10-7-11-17(12-16)29(32)33)24-25-21-23-19-18(20(30)27(3)22(31)26(19)2)28(21)13-15-8-5-4-6-9-15/h4-12H,13H2,1-3H3,(H,23,25). The highest BCUT2D eigenvalue weighted by atomic mass is 16.6. The molecule has 168 valence electrons. The van der Waals surface area contributed by atoms with Crippen molar-refractivity contribution in [2.45, 2.75) is 13.5 Å². The first-order valence-electron chi connectivity index (χ1n) is 10.0. The number of nitro benzene ring substituents is 1. The van der Waals surface area contributed by atoms with Gasteiger partial charge in [-0.05, 0) is 12.5 Å². The highest BCUT2D eigenvalue weighted by Gasteiger charge is 2.19. The summed E-state index contributed by atoms with van der Waals surface area (Å²) in [5, 5.41) is 15.4. The number of aromatic nitrogens is 4. The maximum absolute atomic E-state index is 12.9. The van der Waals surface area contributed by atoms with E-state index in [1.165, 1.54) is 23.7 Å². The number of benzene rings is 2. The maximum Gasteiger partial charge on any atom is 0.332 e. The lowest BCUT2D eigenvalue weighted by molar-refractivity contribution is -0.384. The number of nitro groups is 1. The van der Waals surface area contributed by atoms with Crippen LogP contribution in [0.4, 0.5) is 11.6 Å². The zero-order valence-electron chi connectivity index (χ0n) is 18.2. The smallest absolute Gasteiger partial charge is 0.298 e. The summed E-state index contributed by atoms with van der Waals surface area (Å²) in [6.07, 6.45) is 0. The van der Waals surface area contributed by atoms with Crippen LogP contribution >= 0.6 is 0 Å². The number of rotatable bonds is 6. The van der Waals surface area contributed by atoms with E-state index in [9.17, 15) is 19.7 Å². The molecule has 0 fully saturated rings. The summed E-state index contributed by atoms with van der Waals surface area (Å²) >= 11 is 0. The molecule has 4 rings (SSSR count). The molecule has 2 aromatic carbocycles. The van der Waals surface area contributed by atoms with E-state index in [2.05, 4.69) is 15.5 Å². The Morgan fingerprint density at radius 3 is 2.52 bits per heavy atom. The van der Waals surface area contributed by atoms with E-state index in [1.54, 1.807) is 30.7 Å². The monoisotopic (exact) mass is 447 g/mol. The molecule has 33 heavy (non-hydrogen) atoms. The number of hydrazone groups is 1. The van der Waals surface area contributed by atoms with Crippen LogP contribution in [0.1, 0.15) is 18.1 Å². The summed E-state index contributed by atoms with van der Waals surface area (Å²) in [7, 11) is 2.97. The third kappa shape index (κ3) is 4.03. The predicted octanol–water partition coefficient (Wildman–Crippen LogP) is 2.23. The van der Waals surface area contributed by atoms with Crippen LogP contribution in [0.2, 0.25) is 0 Å². The zero-order valence-corrected chi connectivity index (χ0v) is 18.2. The van der Waals surface area contributed by atoms with Gasteiger partial charge in [0.2, 0.25) is 5.95 Å². The summed E-state index contributed by atoms with van der Waals surface area (Å²) in [4.78, 5) is 40.4. The minimum absolute atomic E-state index is 0.0446. The number of imidazole rings is 1. The molecule has 2 heterocycles. The molecule has 0 saturated heterocycles. The van der Waals surface area contributed by atoms with Crippen LogP contribution in [-0.2, 0) is 20.6 Å². The minimum atomic E-state index is -0.486. The van der Waals surface area contributed by atoms with Gasteiger partial charge in [0.05, 0.1) is 17.2 Å². The van der Waals surface area contributed by atoms with Gasteiger partial charge in [-0.2, -0.15) is 10.1 Å². The van der Waals surface area contributed by atoms with Gasteiger partial charge in [-0.15, -0.1) is 0 Å². The molecule has 0 aliphatic carbocycles. The second-order valence-electron chi connectivity index (χ2n) is 7.50. The molecule has 0 atom stereocenters. The Labute approximate surface area is 187 Å². The molecule has 0 unspecified atom stereocenters. The fourth-order valence-corrected chi connectivity index (χ4v) is 3.49. The molecule has 0 spiro atoms. The number of hydrogen-bond acceptors (Lipinski definition) is 7. The summed E-state index contributed by atoms with van der Waals surface area (Å²) in [5.41, 5.74) is 4.33. The summed E-state index contributed by atoms with van der Waals surface area (Å²) in [5.74, 6) is 0.261. The Balaban J connectivity index is 1.83. The molecule has 0 radical (unpaired) electrons. The van der Waals surface area contributed by atoms with Crippen molar-refractivity contribution in [2.24, 2.45) is 19.2 Å². The number of nitrogens with one attached hydrogen (secondary N) is 1. The number of anilines is 1. The molecule has 0 saturated carbocycles. The first-order valence-corrected chi connectivity index (χ1v) is 10.0. The fraction of sp³-hybridized carbons (Fsp3) is 0.182. The number of hydrogen-bond donors (Lipinski definition) is 1. The van der Waals surface area contributed by atoms with Crippen molar-refractivity contribution in [3.05, 3.63) is 96.7 Å². The molecule has 4 aromatic rings. The summed E-state index contributed by atoms with van der Waals surface area (Å²) in [6.45, 7) is 2.02. The van der Waals surface area contributed by atoms with Crippen LogP contribution in [0.15, 0.2) is 69.3 Å². The van der Waals surface area contributed by atoms with E-state index in [4.69, 9.17) is 0 Å². The average Bonchev–Trinajstić information content (AvgIpc) is 3.18. The zero-order chi connectivity index (χ0) is 23.7. The Hall–Kier alpha value is -4.54. The normalized spacial score (nSPS) is 11.7. The highest BCUT2D eigenvalue weighted by molar-refractivity contribution is 5.99. The highest BCUT2D eigenvalue weighted by Crippen LogP contribution is 2.19. The van der Waals surface area contributed by atoms with E-state index < -0.39 is 16.2 Å². The van der Waals surface area contributed by atoms with Crippen molar-refractivity contribution in [1.82, 2.24) is 18.7 Å². The molecule has 2 aromatic heterocycles. The van der Waals surface area contributed by atoms with Crippen LogP contribution in [0.25, 0.3) is 11.2 Å². The van der Waals surface area contributed by atoms with Crippen LogP contribution in [0.5, 0.6) is 0 Å². The van der Waals surface area contributed by atoms with Crippen molar-refractivity contribution in [3.8, 4) is 0 Å². The first-order chi connectivity index (χ1) is 15.8. The van der Waals surface area contributed by atoms with Gasteiger partial charge in [-0.1, -0.05) is 42.5 Å². The molecule has 11 heteroatoms. The molecule has 11 nitrogen and oxygen atoms in total. The predicted molar refractivity (Wildman–Crippen MR) is 125 cm³/mol. The molecular weight excluding hydrogens is 426 g/mol. The lowest BCUT2D eigenvalue weighted by Crippen LogP contribution is -2.37. The maximum atomic E-state index is 12.9. The number of nitrogens with zero attached hydrogens (tertiary/aromatic N) is 6. The van der Waals surface area contributed by atoms with Crippen molar-refractivity contribution in [2.75, 3.05) is 5.43 Å². The Morgan fingerprint density at radius 2 is 1.82 bits per heavy atom. The Morgan fingerprint density at radius 1 is 1.09 bits per heavy atom. The van der Waals surface area contributed by atoms with Crippen molar-refractivity contribution in [3.63, 3.8) is 0 Å². The van der Waals surface area contributed by atoms with Gasteiger partial charge in [-0.25, -0.2) is 10.2 Å². The second kappa shape index (κ2) is 8.54. The third-order valence-corrected chi connectivity index (χ3v) is 5.33. The number of fused-ring (bicyclic) bond motifs is 1. The van der Waals surface area contributed by atoms with Crippen LogP contribution in [0.3, 0.4) is 0 Å². The lowest BCUT2D eigenvalue weighted by atomic mass is 10.1. The molecule has 0 aliphatic rings. The van der Waals surface area contributed by atoms with Crippen molar-refractivity contribution < 1.29 is 4.92 Å². The van der Waals surface area contributed by atoms with Gasteiger partial charge in [0, 0.05) is 31.8 Å². The van der Waals surface area contributed by atoms with Gasteiger partial charge in [0.15, 0.2) is 11.2 Å². The number of non-ortho nitro benzene ring substituents is 1. The van der Waals surface area contributed by atoms with Crippen LogP contribution in [-0.4, -0.2) is 29.3 Å². The lowest BCUT2D eigenvalue weighted by Gasteiger charge is -2.10. The van der Waals surface area contributed by atoms with Gasteiger partial charge in [-0.3, -0.25) is 28.6 Å². The van der Waals surface area contributed by atoms with E-state index in [-0.39, 0.29) is 22.8 Å². The summed E-state index contributed by atoms with van der Waals surface area (Å²) in [6, 6.07) is 15.6. The summed E-state index contributed by atoms with van der Waals surface area (Å²) < 4.78 is 4.00. The third-order valence-electron chi connectivity index (χ3n) is 5.33. The molecule has 0 amide bonds. The van der Waals surface area contributed by atoms with Crippen molar-refractivity contribution >= 4 is 28.5 Å². The van der Waals surface area contributed by atoms with E-state index >= 15 is 0 Å². The molecule has 0 bridgehead atoms. The van der Waals surface area contributed by atoms with Crippen LogP contribution < -0.4 is 16.7 Å². The van der Waals surface area contributed by atoms with Gasteiger partial charge in [0.25, 0.3) is 11.2 Å². The van der Waals surface area contributed by atoms with Crippen LogP contribution in [0, 0.1) is 10.1 Å². The SMILES string of the molecule is CC(=NNc1nc2c(c(=O)n(C)c(=O)n2C)n1Cc1ccccc1)c1cccc([N+](=O)[O-])c1. The van der Waals surface area contributed by atoms with Gasteiger partial charge in [0.1, 0.15) is 0 Å². The fourth-order valence-electron chi connectivity index (χ4n) is 3.49. The van der Waals surface area contributed by atoms with Crippen molar-refractivity contribution in [1.29, 1.82) is 0 Å². The second-order valence-corrected chi connectivity index (χ2v) is 7.50. The minimum Gasteiger partial charge on any atom is -0.298 e. The quantitative estimate of drug-likeness (QED) is 0.274. The average molecular weight is 447 g/mol. The van der Waals surface area contributed by atoms with E-state index in [1.807, 2.05) is 30.3 Å². The Kier molecular flexibility index (Phi) is 5.61. The first kappa shape index (κ1) is 21.7. The molecule has 0 aliphatic heterocycles. The topological polar surface area (TPSA) is 129 Å². The Bertz CT molecular complexity index is 1510. The van der Waals surface area contributed by atoms with E-state index in [0.29, 0.717) is 17.8 Å². The number of aryl methyl sites for hydroxylation is 1. The van der Waals surface area contributed by atoms with Gasteiger partial charge >= 0.3 is 5.69 Å². The molecular formula is C22H21N7O4. The molecule has 1 N–H and O–H groups in total.